The summed E-state index contributed by atoms with van der Waals surface area (Å²) in [5.41, 5.74) is 7.80. The van der Waals surface area contributed by atoms with Crippen LogP contribution >= 0.6 is 11.3 Å². The highest BCUT2D eigenvalue weighted by molar-refractivity contribution is 7.93. The summed E-state index contributed by atoms with van der Waals surface area (Å²) in [5, 5.41) is 2.34. The van der Waals surface area contributed by atoms with E-state index in [0.717, 1.165) is 18.5 Å². The summed E-state index contributed by atoms with van der Waals surface area (Å²) in [7, 11) is -3.61. The molecule has 1 saturated carbocycles. The van der Waals surface area contributed by atoms with E-state index >= 15 is 0 Å². The van der Waals surface area contributed by atoms with E-state index in [4.69, 9.17) is 5.73 Å². The normalized spacial score (nSPS) is 15.2. The van der Waals surface area contributed by atoms with Gasteiger partial charge in [-0.1, -0.05) is 0 Å². The van der Waals surface area contributed by atoms with E-state index in [0.29, 0.717) is 22.3 Å². The molecule has 0 unspecified atom stereocenters. The molecule has 1 aliphatic carbocycles. The van der Waals surface area contributed by atoms with Gasteiger partial charge in [-0.15, -0.1) is 11.3 Å². The van der Waals surface area contributed by atoms with Gasteiger partial charge in [-0.2, -0.15) is 0 Å². The molecule has 0 bridgehead atoms. The van der Waals surface area contributed by atoms with Gasteiger partial charge in [0.25, 0.3) is 10.0 Å². The lowest BCUT2D eigenvalue weighted by Gasteiger charge is -2.08. The van der Waals surface area contributed by atoms with Crippen LogP contribution in [0.2, 0.25) is 0 Å². The zero-order valence-corrected chi connectivity index (χ0v) is 12.6. The Hall–Kier alpha value is -1.60. The molecule has 0 radical (unpaired) electrons. The molecule has 1 heterocycles. The summed E-state index contributed by atoms with van der Waals surface area (Å²) in [6.45, 7) is 1.72. The van der Waals surface area contributed by atoms with E-state index < -0.39 is 10.0 Å². The summed E-state index contributed by atoms with van der Waals surface area (Å²) in [6.07, 6.45) is 2.29. The van der Waals surface area contributed by atoms with Crippen LogP contribution in [0.3, 0.4) is 0 Å². The zero-order chi connectivity index (χ0) is 14.3. The molecule has 7 heteroatoms. The van der Waals surface area contributed by atoms with Gasteiger partial charge in [0, 0.05) is 17.0 Å². The van der Waals surface area contributed by atoms with Crippen LogP contribution in [0.1, 0.15) is 30.0 Å². The maximum Gasteiger partial charge on any atom is 0.263 e. The number of aryl methyl sites for hydroxylation is 1. The number of thiazole rings is 1. The molecular formula is C13H15N3O2S2. The molecule has 0 amide bonds. The molecule has 106 valence electrons. The number of nitrogens with one attached hydrogen (secondary N) is 1. The van der Waals surface area contributed by atoms with Crippen LogP contribution in [0.5, 0.6) is 0 Å². The van der Waals surface area contributed by atoms with Crippen LogP contribution in [-0.2, 0) is 10.0 Å². The van der Waals surface area contributed by atoms with E-state index in [1.807, 2.05) is 5.38 Å². The lowest BCUT2D eigenvalue weighted by atomic mass is 10.2. The number of sulfonamides is 1. The van der Waals surface area contributed by atoms with Gasteiger partial charge in [0.15, 0.2) is 5.13 Å². The second kappa shape index (κ2) is 4.75. The first kappa shape index (κ1) is 13.4. The molecule has 1 aromatic heterocycles. The fraction of sp³-hybridized carbons (Fsp3) is 0.308. The zero-order valence-electron chi connectivity index (χ0n) is 11.0. The van der Waals surface area contributed by atoms with Gasteiger partial charge in [0.1, 0.15) is 0 Å². The average Bonchev–Trinajstić information content (AvgIpc) is 3.10. The molecule has 1 aliphatic rings. The summed E-state index contributed by atoms with van der Waals surface area (Å²) >= 11 is 1.32. The molecule has 1 fully saturated rings. The lowest BCUT2D eigenvalue weighted by molar-refractivity contribution is 0.600. The van der Waals surface area contributed by atoms with Crippen molar-refractivity contribution < 1.29 is 8.42 Å². The van der Waals surface area contributed by atoms with Crippen molar-refractivity contribution in [2.45, 2.75) is 30.6 Å². The van der Waals surface area contributed by atoms with Crippen LogP contribution in [0, 0.1) is 6.92 Å². The van der Waals surface area contributed by atoms with Crippen molar-refractivity contribution in [2.75, 3.05) is 10.5 Å². The Balaban J connectivity index is 1.87. The van der Waals surface area contributed by atoms with E-state index in [1.54, 1.807) is 19.1 Å². The van der Waals surface area contributed by atoms with E-state index in [9.17, 15) is 8.42 Å². The fourth-order valence-electron chi connectivity index (χ4n) is 2.04. The highest BCUT2D eigenvalue weighted by Gasteiger charge is 2.27. The highest BCUT2D eigenvalue weighted by atomic mass is 32.2. The highest BCUT2D eigenvalue weighted by Crippen LogP contribution is 2.41. The maximum absolute atomic E-state index is 12.3. The quantitative estimate of drug-likeness (QED) is 0.850. The number of nitrogens with zero attached hydrogens (tertiary/aromatic N) is 1. The maximum atomic E-state index is 12.3. The predicted molar refractivity (Wildman–Crippen MR) is 80.5 cm³/mol. The number of nitrogens with two attached hydrogens (primary N) is 1. The molecule has 5 nitrogen and oxygen atoms in total. The third-order valence-corrected chi connectivity index (χ3v) is 5.63. The third kappa shape index (κ3) is 2.64. The van der Waals surface area contributed by atoms with Gasteiger partial charge in [-0.3, -0.25) is 4.72 Å². The number of hydrogen-bond donors (Lipinski definition) is 2. The first-order valence-corrected chi connectivity index (χ1v) is 8.66. The minimum absolute atomic E-state index is 0.231. The summed E-state index contributed by atoms with van der Waals surface area (Å²) in [4.78, 5) is 4.57. The summed E-state index contributed by atoms with van der Waals surface area (Å²) in [6, 6.07) is 4.74. The molecule has 2 aromatic rings. The average molecular weight is 309 g/mol. The Morgan fingerprint density at radius 3 is 2.80 bits per heavy atom. The smallest absolute Gasteiger partial charge is 0.263 e. The van der Waals surface area contributed by atoms with Crippen LogP contribution < -0.4 is 10.5 Å². The molecule has 0 aliphatic heterocycles. The Labute approximate surface area is 121 Å². The molecular weight excluding hydrogens is 294 g/mol. The van der Waals surface area contributed by atoms with Crippen molar-refractivity contribution in [1.29, 1.82) is 0 Å². The van der Waals surface area contributed by atoms with Crippen molar-refractivity contribution in [1.82, 2.24) is 4.98 Å². The van der Waals surface area contributed by atoms with Crippen LogP contribution in [0.15, 0.2) is 28.5 Å². The Kier molecular flexibility index (Phi) is 3.18. The minimum Gasteiger partial charge on any atom is -0.399 e. The molecule has 1 aromatic carbocycles. The van der Waals surface area contributed by atoms with Gasteiger partial charge in [0.2, 0.25) is 0 Å². The largest absolute Gasteiger partial charge is 0.399 e. The molecule has 3 rings (SSSR count). The summed E-state index contributed by atoms with van der Waals surface area (Å²) in [5.74, 6) is 0.516. The standard InChI is InChI=1S/C13H15N3O2S2/c1-8-6-10(14)4-5-12(8)20(17,18)16-13-15-11(7-19-13)9-2-3-9/h4-7,9H,2-3,14H2,1H3,(H,15,16). The van der Waals surface area contributed by atoms with Crippen LogP contribution in [0.25, 0.3) is 0 Å². The number of benzene rings is 1. The molecule has 0 atom stereocenters. The number of anilines is 2. The van der Waals surface area contributed by atoms with E-state index in [-0.39, 0.29) is 4.90 Å². The van der Waals surface area contributed by atoms with Crippen molar-refractivity contribution in [2.24, 2.45) is 0 Å². The first-order chi connectivity index (χ1) is 9.45. The van der Waals surface area contributed by atoms with Crippen LogP contribution in [0.4, 0.5) is 10.8 Å². The third-order valence-electron chi connectivity index (χ3n) is 3.23. The van der Waals surface area contributed by atoms with Gasteiger partial charge in [-0.25, -0.2) is 13.4 Å². The van der Waals surface area contributed by atoms with Gasteiger partial charge in [-0.05, 0) is 43.5 Å². The van der Waals surface area contributed by atoms with E-state index in [2.05, 4.69) is 9.71 Å². The molecule has 0 spiro atoms. The number of rotatable bonds is 4. The van der Waals surface area contributed by atoms with Gasteiger partial charge < -0.3 is 5.73 Å². The van der Waals surface area contributed by atoms with Crippen molar-refractivity contribution >= 4 is 32.2 Å². The second-order valence-electron chi connectivity index (χ2n) is 4.98. The monoisotopic (exact) mass is 309 g/mol. The molecule has 0 saturated heterocycles. The Morgan fingerprint density at radius 1 is 1.40 bits per heavy atom. The Bertz CT molecular complexity index is 749. The fourth-order valence-corrected chi connectivity index (χ4v) is 4.32. The van der Waals surface area contributed by atoms with Crippen molar-refractivity contribution in [3.05, 3.63) is 34.8 Å². The topological polar surface area (TPSA) is 85.1 Å². The first-order valence-electron chi connectivity index (χ1n) is 6.30. The Morgan fingerprint density at radius 2 is 2.15 bits per heavy atom. The minimum atomic E-state index is -3.61. The van der Waals surface area contributed by atoms with Crippen LogP contribution in [-0.4, -0.2) is 13.4 Å². The number of hydrogen-bond acceptors (Lipinski definition) is 5. The number of aromatic nitrogens is 1. The van der Waals surface area contributed by atoms with Gasteiger partial charge in [0.05, 0.1) is 10.6 Å². The number of nitrogen functional groups attached to an aromatic ring is 1. The van der Waals surface area contributed by atoms with E-state index in [1.165, 1.54) is 17.4 Å². The predicted octanol–water partition coefficient (Wildman–Crippen LogP) is 2.71. The molecule has 3 N–H and O–H groups in total. The lowest BCUT2D eigenvalue weighted by Crippen LogP contribution is -2.14. The van der Waals surface area contributed by atoms with Crippen molar-refractivity contribution in [3.8, 4) is 0 Å². The molecule has 20 heavy (non-hydrogen) atoms. The second-order valence-corrected chi connectivity index (χ2v) is 7.49. The van der Waals surface area contributed by atoms with Crippen molar-refractivity contribution in [3.63, 3.8) is 0 Å². The SMILES string of the molecule is Cc1cc(N)ccc1S(=O)(=O)Nc1nc(C2CC2)cs1. The van der Waals surface area contributed by atoms with Gasteiger partial charge >= 0.3 is 0 Å². The summed E-state index contributed by atoms with van der Waals surface area (Å²) < 4.78 is 27.2.